The van der Waals surface area contributed by atoms with Crippen molar-refractivity contribution in [2.24, 2.45) is 4.99 Å². The molecule has 0 aliphatic rings. The lowest BCUT2D eigenvalue weighted by atomic mass is 10.1. The van der Waals surface area contributed by atoms with Gasteiger partial charge in [-0.15, -0.1) is 0 Å². The zero-order valence-electron chi connectivity index (χ0n) is 19.5. The maximum Gasteiger partial charge on any atom is 0.408 e. The summed E-state index contributed by atoms with van der Waals surface area (Å²) in [7, 11) is 1.68. The highest BCUT2D eigenvalue weighted by Crippen LogP contribution is 2.12. The topological polar surface area (TPSA) is 117 Å². The van der Waals surface area contributed by atoms with Gasteiger partial charge in [-0.2, -0.15) is 0 Å². The molecule has 1 aromatic carbocycles. The summed E-state index contributed by atoms with van der Waals surface area (Å²) in [5.74, 6) is 0.557. The Morgan fingerprint density at radius 3 is 2.28 bits per heavy atom. The lowest BCUT2D eigenvalue weighted by Crippen LogP contribution is -2.54. The minimum atomic E-state index is -0.553. The van der Waals surface area contributed by atoms with E-state index in [1.807, 2.05) is 58.9 Å². The van der Waals surface area contributed by atoms with Crippen LogP contribution in [0.2, 0.25) is 0 Å². The molecule has 0 bridgehead atoms. The van der Waals surface area contributed by atoms with Crippen molar-refractivity contribution in [3.63, 3.8) is 0 Å². The highest BCUT2D eigenvalue weighted by molar-refractivity contribution is 6.02. The van der Waals surface area contributed by atoms with Crippen molar-refractivity contribution in [1.29, 1.82) is 0 Å². The van der Waals surface area contributed by atoms with Crippen LogP contribution in [0.4, 0.5) is 10.5 Å². The van der Waals surface area contributed by atoms with Crippen molar-refractivity contribution in [2.45, 2.75) is 52.3 Å². The van der Waals surface area contributed by atoms with E-state index in [0.29, 0.717) is 24.7 Å². The van der Waals surface area contributed by atoms with E-state index >= 15 is 0 Å². The SMILES string of the molecule is CN=C(NCc1ccc(NC(=O)c2ccco2)cc1)NCC(C)(C)NC(=O)OC(C)(C)C. The minimum Gasteiger partial charge on any atom is -0.459 e. The Balaban J connectivity index is 1.80. The van der Waals surface area contributed by atoms with Crippen LogP contribution >= 0.6 is 0 Å². The average molecular weight is 444 g/mol. The number of aliphatic imine (C=N–C) groups is 1. The molecule has 1 aromatic heterocycles. The monoisotopic (exact) mass is 443 g/mol. The summed E-state index contributed by atoms with van der Waals surface area (Å²) in [6.07, 6.45) is 0.991. The number of hydrogen-bond donors (Lipinski definition) is 4. The lowest BCUT2D eigenvalue weighted by molar-refractivity contribution is 0.0473. The Morgan fingerprint density at radius 1 is 1.03 bits per heavy atom. The molecule has 9 heteroatoms. The molecule has 32 heavy (non-hydrogen) atoms. The van der Waals surface area contributed by atoms with Crippen molar-refractivity contribution in [2.75, 3.05) is 18.9 Å². The highest BCUT2D eigenvalue weighted by atomic mass is 16.6. The molecule has 0 aliphatic heterocycles. The number of amides is 2. The van der Waals surface area contributed by atoms with Crippen LogP contribution < -0.4 is 21.3 Å². The van der Waals surface area contributed by atoms with Gasteiger partial charge >= 0.3 is 6.09 Å². The largest absolute Gasteiger partial charge is 0.459 e. The third-order valence-corrected chi connectivity index (χ3v) is 4.18. The van der Waals surface area contributed by atoms with Gasteiger partial charge in [0, 0.05) is 25.8 Å². The fraction of sp³-hybridized carbons (Fsp3) is 0.435. The minimum absolute atomic E-state index is 0.259. The fourth-order valence-corrected chi connectivity index (χ4v) is 2.64. The Hall–Kier alpha value is -3.49. The maximum atomic E-state index is 12.0. The summed E-state index contributed by atoms with van der Waals surface area (Å²) in [4.78, 5) is 28.3. The predicted molar refractivity (Wildman–Crippen MR) is 125 cm³/mol. The summed E-state index contributed by atoms with van der Waals surface area (Å²) in [6, 6.07) is 10.7. The molecule has 0 saturated heterocycles. The molecule has 2 rings (SSSR count). The molecule has 0 aliphatic carbocycles. The molecule has 9 nitrogen and oxygen atoms in total. The Kier molecular flexibility index (Phi) is 8.28. The van der Waals surface area contributed by atoms with Gasteiger partial charge in [-0.05, 0) is 64.4 Å². The number of nitrogens with zero attached hydrogens (tertiary/aromatic N) is 1. The highest BCUT2D eigenvalue weighted by Gasteiger charge is 2.24. The number of carbonyl (C=O) groups excluding carboxylic acids is 2. The molecular weight excluding hydrogens is 410 g/mol. The lowest BCUT2D eigenvalue weighted by Gasteiger charge is -2.29. The molecule has 0 unspecified atom stereocenters. The number of furan rings is 1. The molecule has 2 aromatic rings. The molecule has 4 N–H and O–H groups in total. The summed E-state index contributed by atoms with van der Waals surface area (Å²) >= 11 is 0. The molecule has 2 amide bonds. The first-order chi connectivity index (χ1) is 15.0. The average Bonchev–Trinajstić information content (AvgIpc) is 3.22. The summed E-state index contributed by atoms with van der Waals surface area (Å²) < 4.78 is 10.4. The van der Waals surface area contributed by atoms with Gasteiger partial charge in [-0.25, -0.2) is 4.79 Å². The van der Waals surface area contributed by atoms with Crippen LogP contribution in [0.25, 0.3) is 0 Å². The zero-order valence-corrected chi connectivity index (χ0v) is 19.5. The summed E-state index contributed by atoms with van der Waals surface area (Å²) in [5.41, 5.74) is 0.582. The Bertz CT molecular complexity index is 913. The second kappa shape index (κ2) is 10.7. The van der Waals surface area contributed by atoms with Crippen LogP contribution in [-0.4, -0.2) is 42.7 Å². The number of alkyl carbamates (subject to hydrolysis) is 1. The van der Waals surface area contributed by atoms with E-state index in [0.717, 1.165) is 5.56 Å². The van der Waals surface area contributed by atoms with Crippen LogP contribution in [0.1, 0.15) is 50.7 Å². The molecule has 1 heterocycles. The molecule has 0 atom stereocenters. The number of ether oxygens (including phenoxy) is 1. The summed E-state index contributed by atoms with van der Waals surface area (Å²) in [6.45, 7) is 10.2. The van der Waals surface area contributed by atoms with Crippen LogP contribution in [-0.2, 0) is 11.3 Å². The van der Waals surface area contributed by atoms with Crippen LogP contribution in [0.15, 0.2) is 52.1 Å². The normalized spacial score (nSPS) is 12.1. The van der Waals surface area contributed by atoms with Crippen LogP contribution in [0.5, 0.6) is 0 Å². The molecule has 0 spiro atoms. The standard InChI is InChI=1S/C23H33N5O4/c1-22(2,3)32-21(30)28-23(4,5)15-26-20(24-6)25-14-16-9-11-17(12-10-16)27-19(29)18-8-7-13-31-18/h7-13H,14-15H2,1-6H3,(H,27,29)(H,28,30)(H2,24,25,26). The summed E-state index contributed by atoms with van der Waals surface area (Å²) in [5, 5.41) is 12.1. The van der Waals surface area contributed by atoms with E-state index in [-0.39, 0.29) is 11.7 Å². The zero-order chi connectivity index (χ0) is 23.8. The van der Waals surface area contributed by atoms with Crippen LogP contribution in [0, 0.1) is 0 Å². The molecule has 0 saturated carbocycles. The molecular formula is C23H33N5O4. The van der Waals surface area contributed by atoms with E-state index < -0.39 is 17.2 Å². The van der Waals surface area contributed by atoms with E-state index in [1.54, 1.807) is 19.2 Å². The van der Waals surface area contributed by atoms with Gasteiger partial charge in [0.2, 0.25) is 0 Å². The van der Waals surface area contributed by atoms with Crippen LogP contribution in [0.3, 0.4) is 0 Å². The molecule has 174 valence electrons. The van der Waals surface area contributed by atoms with Crippen molar-refractivity contribution >= 4 is 23.6 Å². The van der Waals surface area contributed by atoms with Gasteiger partial charge in [-0.1, -0.05) is 12.1 Å². The first-order valence-electron chi connectivity index (χ1n) is 10.4. The second-order valence-electron chi connectivity index (χ2n) is 8.92. The van der Waals surface area contributed by atoms with Crippen molar-refractivity contribution in [3.05, 3.63) is 54.0 Å². The first kappa shape index (κ1) is 24.8. The predicted octanol–water partition coefficient (Wildman–Crippen LogP) is 3.50. The Labute approximate surface area is 189 Å². The first-order valence-corrected chi connectivity index (χ1v) is 10.4. The van der Waals surface area contributed by atoms with Gasteiger partial charge in [0.25, 0.3) is 5.91 Å². The number of rotatable bonds is 7. The van der Waals surface area contributed by atoms with Crippen molar-refractivity contribution in [1.82, 2.24) is 16.0 Å². The second-order valence-corrected chi connectivity index (χ2v) is 8.92. The third-order valence-electron chi connectivity index (χ3n) is 4.18. The Morgan fingerprint density at radius 2 is 1.72 bits per heavy atom. The van der Waals surface area contributed by atoms with E-state index in [9.17, 15) is 9.59 Å². The number of nitrogens with one attached hydrogen (secondary N) is 4. The van der Waals surface area contributed by atoms with E-state index in [1.165, 1.54) is 6.26 Å². The fourth-order valence-electron chi connectivity index (χ4n) is 2.64. The molecule has 0 radical (unpaired) electrons. The van der Waals surface area contributed by atoms with Crippen molar-refractivity contribution < 1.29 is 18.7 Å². The van der Waals surface area contributed by atoms with Gasteiger partial charge in [-0.3, -0.25) is 9.79 Å². The number of carbonyl (C=O) groups is 2. The van der Waals surface area contributed by atoms with Crippen molar-refractivity contribution in [3.8, 4) is 0 Å². The maximum absolute atomic E-state index is 12.0. The number of anilines is 1. The quantitative estimate of drug-likeness (QED) is 0.384. The smallest absolute Gasteiger partial charge is 0.408 e. The van der Waals surface area contributed by atoms with Gasteiger partial charge in [0.05, 0.1) is 11.8 Å². The number of guanidine groups is 1. The third kappa shape index (κ3) is 8.71. The number of benzene rings is 1. The van der Waals surface area contributed by atoms with E-state index in [2.05, 4.69) is 26.3 Å². The van der Waals surface area contributed by atoms with E-state index in [4.69, 9.17) is 9.15 Å². The van der Waals surface area contributed by atoms with Gasteiger partial charge in [0.1, 0.15) is 5.60 Å². The van der Waals surface area contributed by atoms with Gasteiger partial charge in [0.15, 0.2) is 11.7 Å². The number of hydrogen-bond acceptors (Lipinski definition) is 5. The molecule has 0 fully saturated rings. The van der Waals surface area contributed by atoms with Gasteiger partial charge < -0.3 is 30.4 Å².